The van der Waals surface area contributed by atoms with Gasteiger partial charge >= 0.3 is 5.97 Å². The van der Waals surface area contributed by atoms with E-state index in [0.29, 0.717) is 11.8 Å². The van der Waals surface area contributed by atoms with E-state index in [9.17, 15) is 9.90 Å². The molecule has 0 saturated heterocycles. The van der Waals surface area contributed by atoms with Crippen LogP contribution in [0.5, 0.6) is 0 Å². The third-order valence-corrected chi connectivity index (χ3v) is 3.91. The molecular formula is C12H20O3. The molecule has 0 bridgehead atoms. The first kappa shape index (κ1) is 10.9. The minimum atomic E-state index is -0.180. The van der Waals surface area contributed by atoms with E-state index in [4.69, 9.17) is 4.74 Å². The van der Waals surface area contributed by atoms with Gasteiger partial charge in [-0.05, 0) is 31.6 Å². The standard InChI is InChI=1S/C12H20O3/c1-8(13)15-12-7-6-11(14)9-4-2-3-5-10(9)12/h9-12,14H,2-7H2,1H3/t9?,10?,11-,12+/m0/s1. The first-order valence-corrected chi connectivity index (χ1v) is 6.04. The second kappa shape index (κ2) is 4.52. The van der Waals surface area contributed by atoms with Crippen molar-refractivity contribution < 1.29 is 14.6 Å². The zero-order chi connectivity index (χ0) is 10.8. The normalized spacial score (nSPS) is 40.7. The average Bonchev–Trinajstić information content (AvgIpc) is 2.22. The quantitative estimate of drug-likeness (QED) is 0.675. The Morgan fingerprint density at radius 3 is 2.47 bits per heavy atom. The molecule has 0 heterocycles. The predicted molar refractivity (Wildman–Crippen MR) is 56.2 cm³/mol. The zero-order valence-electron chi connectivity index (χ0n) is 9.32. The van der Waals surface area contributed by atoms with Gasteiger partial charge < -0.3 is 9.84 Å². The number of hydrogen-bond donors (Lipinski definition) is 1. The van der Waals surface area contributed by atoms with Crippen molar-refractivity contribution >= 4 is 5.97 Å². The van der Waals surface area contributed by atoms with Crippen LogP contribution in [0.25, 0.3) is 0 Å². The molecule has 2 unspecified atom stereocenters. The summed E-state index contributed by atoms with van der Waals surface area (Å²) in [6, 6.07) is 0. The molecule has 0 aromatic carbocycles. The van der Waals surface area contributed by atoms with Gasteiger partial charge in [0.15, 0.2) is 0 Å². The second-order valence-corrected chi connectivity index (χ2v) is 4.90. The summed E-state index contributed by atoms with van der Waals surface area (Å²) in [5.74, 6) is 0.601. The van der Waals surface area contributed by atoms with Crippen LogP contribution in [-0.2, 0) is 9.53 Å². The number of esters is 1. The Morgan fingerprint density at radius 1 is 1.13 bits per heavy atom. The largest absolute Gasteiger partial charge is 0.462 e. The van der Waals surface area contributed by atoms with E-state index in [0.717, 1.165) is 25.7 Å². The van der Waals surface area contributed by atoms with Gasteiger partial charge in [0.2, 0.25) is 0 Å². The Balaban J connectivity index is 2.03. The van der Waals surface area contributed by atoms with Crippen LogP contribution in [0, 0.1) is 11.8 Å². The van der Waals surface area contributed by atoms with E-state index in [1.54, 1.807) is 0 Å². The molecule has 86 valence electrons. The van der Waals surface area contributed by atoms with E-state index in [1.807, 2.05) is 0 Å². The maximum atomic E-state index is 11.0. The number of ether oxygens (including phenoxy) is 1. The lowest BCUT2D eigenvalue weighted by atomic mass is 9.68. The van der Waals surface area contributed by atoms with Gasteiger partial charge in [0.05, 0.1) is 6.10 Å². The number of rotatable bonds is 1. The van der Waals surface area contributed by atoms with E-state index < -0.39 is 0 Å². The summed E-state index contributed by atoms with van der Waals surface area (Å²) in [7, 11) is 0. The lowest BCUT2D eigenvalue weighted by Crippen LogP contribution is -2.44. The van der Waals surface area contributed by atoms with Crippen LogP contribution in [0.2, 0.25) is 0 Å². The molecule has 0 aromatic rings. The van der Waals surface area contributed by atoms with Crippen LogP contribution in [0.1, 0.15) is 45.4 Å². The van der Waals surface area contributed by atoms with Crippen LogP contribution in [0.3, 0.4) is 0 Å². The Labute approximate surface area is 90.8 Å². The van der Waals surface area contributed by atoms with Crippen LogP contribution >= 0.6 is 0 Å². The topological polar surface area (TPSA) is 46.5 Å². The average molecular weight is 212 g/mol. The van der Waals surface area contributed by atoms with Crippen LogP contribution < -0.4 is 0 Å². The van der Waals surface area contributed by atoms with Crippen molar-refractivity contribution in [3.05, 3.63) is 0 Å². The number of aliphatic hydroxyl groups is 1. The number of fused-ring (bicyclic) bond motifs is 1. The maximum absolute atomic E-state index is 11.0. The van der Waals surface area contributed by atoms with Crippen molar-refractivity contribution in [1.29, 1.82) is 0 Å². The minimum absolute atomic E-state index is 0.0659. The molecule has 1 N–H and O–H groups in total. The third kappa shape index (κ3) is 2.33. The second-order valence-electron chi connectivity index (χ2n) is 4.90. The highest BCUT2D eigenvalue weighted by atomic mass is 16.5. The lowest BCUT2D eigenvalue weighted by Gasteiger charge is -2.43. The van der Waals surface area contributed by atoms with Gasteiger partial charge in [-0.1, -0.05) is 12.8 Å². The van der Waals surface area contributed by atoms with Crippen molar-refractivity contribution in [3.8, 4) is 0 Å². The Morgan fingerprint density at radius 2 is 1.80 bits per heavy atom. The Kier molecular flexibility index (Phi) is 3.29. The summed E-state index contributed by atoms with van der Waals surface area (Å²) in [6.45, 7) is 1.48. The maximum Gasteiger partial charge on any atom is 0.302 e. The predicted octanol–water partition coefficient (Wildman–Crippen LogP) is 1.88. The molecule has 0 amide bonds. The summed E-state index contributed by atoms with van der Waals surface area (Å²) in [5.41, 5.74) is 0. The van der Waals surface area contributed by atoms with E-state index >= 15 is 0 Å². The molecule has 15 heavy (non-hydrogen) atoms. The summed E-state index contributed by atoms with van der Waals surface area (Å²) in [4.78, 5) is 11.0. The molecule has 2 aliphatic rings. The fraction of sp³-hybridized carbons (Fsp3) is 0.917. The first-order chi connectivity index (χ1) is 7.18. The molecule has 4 atom stereocenters. The van der Waals surface area contributed by atoms with Crippen molar-refractivity contribution in [3.63, 3.8) is 0 Å². The smallest absolute Gasteiger partial charge is 0.302 e. The van der Waals surface area contributed by atoms with Gasteiger partial charge in [0.1, 0.15) is 6.10 Å². The number of carbonyl (C=O) groups is 1. The Bertz CT molecular complexity index is 239. The number of carbonyl (C=O) groups excluding carboxylic acids is 1. The lowest BCUT2D eigenvalue weighted by molar-refractivity contribution is -0.158. The highest BCUT2D eigenvalue weighted by Crippen LogP contribution is 2.41. The van der Waals surface area contributed by atoms with Crippen molar-refractivity contribution in [2.75, 3.05) is 0 Å². The summed E-state index contributed by atoms with van der Waals surface area (Å²) >= 11 is 0. The monoisotopic (exact) mass is 212 g/mol. The van der Waals surface area contributed by atoms with Gasteiger partial charge in [-0.3, -0.25) is 4.79 Å². The minimum Gasteiger partial charge on any atom is -0.462 e. The summed E-state index contributed by atoms with van der Waals surface area (Å²) in [6.07, 6.45) is 6.17. The van der Waals surface area contributed by atoms with E-state index in [-0.39, 0.29) is 18.2 Å². The van der Waals surface area contributed by atoms with Crippen molar-refractivity contribution in [2.45, 2.75) is 57.7 Å². The van der Waals surface area contributed by atoms with Gasteiger partial charge in [0, 0.05) is 12.8 Å². The van der Waals surface area contributed by atoms with Crippen LogP contribution in [0.15, 0.2) is 0 Å². The molecule has 3 nitrogen and oxygen atoms in total. The van der Waals surface area contributed by atoms with Crippen molar-refractivity contribution in [2.24, 2.45) is 11.8 Å². The third-order valence-electron chi connectivity index (χ3n) is 3.91. The first-order valence-electron chi connectivity index (χ1n) is 6.04. The molecule has 2 fully saturated rings. The molecule has 3 heteroatoms. The molecular weight excluding hydrogens is 192 g/mol. The fourth-order valence-corrected chi connectivity index (χ4v) is 3.25. The van der Waals surface area contributed by atoms with Gasteiger partial charge in [0.25, 0.3) is 0 Å². The van der Waals surface area contributed by atoms with Gasteiger partial charge in [-0.15, -0.1) is 0 Å². The molecule has 0 aromatic heterocycles. The zero-order valence-corrected chi connectivity index (χ0v) is 9.32. The number of aliphatic hydroxyl groups excluding tert-OH is 1. The van der Waals surface area contributed by atoms with E-state index in [1.165, 1.54) is 19.8 Å². The molecule has 0 spiro atoms. The molecule has 0 radical (unpaired) electrons. The number of hydrogen-bond acceptors (Lipinski definition) is 3. The summed E-state index contributed by atoms with van der Waals surface area (Å²) in [5, 5.41) is 9.92. The van der Waals surface area contributed by atoms with Crippen LogP contribution in [-0.4, -0.2) is 23.3 Å². The molecule has 2 aliphatic carbocycles. The fourth-order valence-electron chi connectivity index (χ4n) is 3.25. The highest BCUT2D eigenvalue weighted by molar-refractivity contribution is 5.66. The van der Waals surface area contributed by atoms with Gasteiger partial charge in [-0.2, -0.15) is 0 Å². The molecule has 2 saturated carbocycles. The Hall–Kier alpha value is -0.570. The molecule has 0 aliphatic heterocycles. The van der Waals surface area contributed by atoms with Gasteiger partial charge in [-0.25, -0.2) is 0 Å². The SMILES string of the molecule is CC(=O)O[C@@H]1CC[C@H](O)C2CCCCC21. The molecule has 2 rings (SSSR count). The highest BCUT2D eigenvalue weighted by Gasteiger charge is 2.41. The van der Waals surface area contributed by atoms with Crippen LogP contribution in [0.4, 0.5) is 0 Å². The summed E-state index contributed by atoms with van der Waals surface area (Å²) < 4.78 is 5.36. The van der Waals surface area contributed by atoms with Crippen molar-refractivity contribution in [1.82, 2.24) is 0 Å². The van der Waals surface area contributed by atoms with E-state index in [2.05, 4.69) is 0 Å².